The first kappa shape index (κ1) is 21.6. The highest BCUT2D eigenvalue weighted by atomic mass is 15.1. The van der Waals surface area contributed by atoms with Gasteiger partial charge in [-0.25, -0.2) is 18.3 Å². The normalized spacial score (nSPS) is 12.1. The van der Waals surface area contributed by atoms with Crippen LogP contribution < -0.4 is 9.13 Å². The molecule has 4 aromatic rings. The standard InChI is InChI=1S/C27H38N4/c1-22(2)14-18-30-20-28(24-10-5-7-12-26(24)30)16-9-17-29-21-31(19-15-23(3)4)27-13-8-6-11-25(27)29/h5-8,10-13,20-23H,9,14-19H2,1-4H3/q+2. The molecule has 0 saturated carbocycles. The molecule has 4 rings (SSSR count). The quantitative estimate of drug-likeness (QED) is 0.309. The zero-order valence-electron chi connectivity index (χ0n) is 19.7. The smallest absolute Gasteiger partial charge is 0.230 e. The van der Waals surface area contributed by atoms with Crippen LogP contribution in [0.3, 0.4) is 0 Å². The summed E-state index contributed by atoms with van der Waals surface area (Å²) in [7, 11) is 0. The average molecular weight is 419 g/mol. The molecule has 0 bridgehead atoms. The summed E-state index contributed by atoms with van der Waals surface area (Å²) >= 11 is 0. The van der Waals surface area contributed by atoms with Gasteiger partial charge in [-0.1, -0.05) is 52.0 Å². The number of fused-ring (bicyclic) bond motifs is 2. The Morgan fingerprint density at radius 1 is 0.645 bits per heavy atom. The average Bonchev–Trinajstić information content (AvgIpc) is 3.29. The third-order valence-electron chi connectivity index (χ3n) is 6.25. The van der Waals surface area contributed by atoms with E-state index in [1.807, 2.05) is 0 Å². The van der Waals surface area contributed by atoms with Gasteiger partial charge in [-0.2, -0.15) is 0 Å². The Labute approximate surface area is 186 Å². The highest BCUT2D eigenvalue weighted by molar-refractivity contribution is 5.72. The van der Waals surface area contributed by atoms with E-state index in [4.69, 9.17) is 0 Å². The molecule has 0 radical (unpaired) electrons. The highest BCUT2D eigenvalue weighted by Crippen LogP contribution is 2.15. The maximum Gasteiger partial charge on any atom is 0.244 e. The Kier molecular flexibility index (Phi) is 6.74. The minimum Gasteiger partial charge on any atom is -0.230 e. The lowest BCUT2D eigenvalue weighted by atomic mass is 10.1. The van der Waals surface area contributed by atoms with Crippen molar-refractivity contribution in [3.63, 3.8) is 0 Å². The lowest BCUT2D eigenvalue weighted by Crippen LogP contribution is -2.38. The van der Waals surface area contributed by atoms with E-state index in [0.717, 1.165) is 44.4 Å². The number of benzene rings is 2. The Bertz CT molecular complexity index is 1040. The van der Waals surface area contributed by atoms with E-state index in [-0.39, 0.29) is 0 Å². The van der Waals surface area contributed by atoms with E-state index in [1.54, 1.807) is 0 Å². The van der Waals surface area contributed by atoms with Crippen LogP contribution in [-0.2, 0) is 26.2 Å². The fourth-order valence-electron chi connectivity index (χ4n) is 4.40. The van der Waals surface area contributed by atoms with Crippen molar-refractivity contribution >= 4 is 22.1 Å². The molecule has 0 saturated heterocycles. The first-order valence-electron chi connectivity index (χ1n) is 12.0. The molecule has 0 amide bonds. The molecule has 0 aliphatic rings. The van der Waals surface area contributed by atoms with Gasteiger partial charge < -0.3 is 0 Å². The second kappa shape index (κ2) is 9.67. The fraction of sp³-hybridized carbons (Fsp3) is 0.481. The third kappa shape index (κ3) is 5.00. The van der Waals surface area contributed by atoms with Gasteiger partial charge in [0, 0.05) is 6.42 Å². The predicted octanol–water partition coefficient (Wildman–Crippen LogP) is 5.35. The summed E-state index contributed by atoms with van der Waals surface area (Å²) in [6.45, 7) is 13.4. The van der Waals surface area contributed by atoms with E-state index in [0.29, 0.717) is 0 Å². The fourth-order valence-corrected chi connectivity index (χ4v) is 4.40. The van der Waals surface area contributed by atoms with E-state index in [2.05, 4.69) is 107 Å². The molecule has 4 heteroatoms. The summed E-state index contributed by atoms with van der Waals surface area (Å²) in [5, 5.41) is 0. The van der Waals surface area contributed by atoms with Gasteiger partial charge in [-0.15, -0.1) is 0 Å². The third-order valence-corrected chi connectivity index (χ3v) is 6.25. The van der Waals surface area contributed by atoms with Crippen molar-refractivity contribution < 1.29 is 9.13 Å². The lowest BCUT2D eigenvalue weighted by molar-refractivity contribution is -0.703. The number of para-hydroxylation sites is 4. The molecular formula is C27H38N4+2. The molecular weight excluding hydrogens is 380 g/mol. The van der Waals surface area contributed by atoms with Crippen molar-refractivity contribution in [2.45, 2.75) is 73.1 Å². The maximum atomic E-state index is 2.44. The van der Waals surface area contributed by atoms with Gasteiger partial charge in [0.25, 0.3) is 0 Å². The van der Waals surface area contributed by atoms with Crippen LogP contribution in [0.2, 0.25) is 0 Å². The number of aryl methyl sites for hydroxylation is 4. The summed E-state index contributed by atoms with van der Waals surface area (Å²) in [4.78, 5) is 0. The summed E-state index contributed by atoms with van der Waals surface area (Å²) in [6, 6.07) is 17.6. The first-order valence-corrected chi connectivity index (χ1v) is 12.0. The summed E-state index contributed by atoms with van der Waals surface area (Å²) in [5.74, 6) is 1.44. The van der Waals surface area contributed by atoms with E-state index < -0.39 is 0 Å². The van der Waals surface area contributed by atoms with Crippen LogP contribution in [0.15, 0.2) is 61.2 Å². The molecule has 2 heterocycles. The number of imidazole rings is 2. The largest absolute Gasteiger partial charge is 0.244 e. The molecule has 2 aromatic carbocycles. The lowest BCUT2D eigenvalue weighted by Gasteiger charge is -2.01. The number of hydrogen-bond donors (Lipinski definition) is 0. The van der Waals surface area contributed by atoms with Gasteiger partial charge in [0.05, 0.1) is 26.2 Å². The summed E-state index contributed by atoms with van der Waals surface area (Å²) in [5.41, 5.74) is 5.38. The molecule has 4 nitrogen and oxygen atoms in total. The van der Waals surface area contributed by atoms with Crippen molar-refractivity contribution in [3.05, 3.63) is 61.2 Å². The van der Waals surface area contributed by atoms with E-state index in [1.165, 1.54) is 34.9 Å². The van der Waals surface area contributed by atoms with Gasteiger partial charge in [0.1, 0.15) is 0 Å². The first-order chi connectivity index (χ1) is 15.0. The van der Waals surface area contributed by atoms with Gasteiger partial charge in [-0.05, 0) is 48.9 Å². The summed E-state index contributed by atoms with van der Waals surface area (Å²) < 4.78 is 9.74. The maximum absolute atomic E-state index is 2.44. The molecule has 0 N–H and O–H groups in total. The molecule has 0 fully saturated rings. The van der Waals surface area contributed by atoms with Crippen molar-refractivity contribution in [2.24, 2.45) is 11.8 Å². The molecule has 0 aliphatic heterocycles. The topological polar surface area (TPSA) is 17.6 Å². The molecule has 31 heavy (non-hydrogen) atoms. The molecule has 0 atom stereocenters. The highest BCUT2D eigenvalue weighted by Gasteiger charge is 2.18. The van der Waals surface area contributed by atoms with Crippen LogP contribution in [-0.4, -0.2) is 9.13 Å². The Hall–Kier alpha value is -2.62. The molecule has 164 valence electrons. The Morgan fingerprint density at radius 3 is 1.48 bits per heavy atom. The van der Waals surface area contributed by atoms with Crippen molar-refractivity contribution in [2.75, 3.05) is 0 Å². The zero-order valence-corrected chi connectivity index (χ0v) is 19.7. The van der Waals surface area contributed by atoms with Crippen LogP contribution in [0.1, 0.15) is 47.0 Å². The number of aromatic nitrogens is 4. The monoisotopic (exact) mass is 418 g/mol. The number of hydrogen-bond acceptors (Lipinski definition) is 0. The van der Waals surface area contributed by atoms with Crippen molar-refractivity contribution in [1.82, 2.24) is 9.13 Å². The summed E-state index contributed by atoms with van der Waals surface area (Å²) in [6.07, 6.45) is 8.19. The predicted molar refractivity (Wildman–Crippen MR) is 128 cm³/mol. The van der Waals surface area contributed by atoms with Crippen LogP contribution in [0.25, 0.3) is 22.1 Å². The number of rotatable bonds is 10. The SMILES string of the molecule is CC(C)CCn1c[n+](CCC[n+]2cn(CCC(C)C)c3ccccc32)c2ccccc21. The van der Waals surface area contributed by atoms with Crippen LogP contribution >= 0.6 is 0 Å². The molecule has 0 unspecified atom stereocenters. The molecule has 0 aliphatic carbocycles. The van der Waals surface area contributed by atoms with Gasteiger partial charge >= 0.3 is 0 Å². The van der Waals surface area contributed by atoms with Crippen molar-refractivity contribution in [3.8, 4) is 0 Å². The Balaban J connectivity index is 1.50. The minimum absolute atomic E-state index is 0.721. The molecule has 2 aromatic heterocycles. The molecule has 0 spiro atoms. The van der Waals surface area contributed by atoms with Crippen molar-refractivity contribution in [1.29, 1.82) is 0 Å². The van der Waals surface area contributed by atoms with Crippen LogP contribution in [0.4, 0.5) is 0 Å². The van der Waals surface area contributed by atoms with Gasteiger partial charge in [-0.3, -0.25) is 0 Å². The Morgan fingerprint density at radius 2 is 1.06 bits per heavy atom. The van der Waals surface area contributed by atoms with Gasteiger partial charge in [0.2, 0.25) is 12.7 Å². The van der Waals surface area contributed by atoms with Crippen LogP contribution in [0, 0.1) is 11.8 Å². The second-order valence-corrected chi connectivity index (χ2v) is 9.70. The van der Waals surface area contributed by atoms with Crippen LogP contribution in [0.5, 0.6) is 0 Å². The van der Waals surface area contributed by atoms with E-state index in [9.17, 15) is 0 Å². The number of nitrogens with zero attached hydrogens (tertiary/aromatic N) is 4. The minimum atomic E-state index is 0.721. The second-order valence-electron chi connectivity index (χ2n) is 9.70. The van der Waals surface area contributed by atoms with Gasteiger partial charge in [0.15, 0.2) is 22.1 Å². The van der Waals surface area contributed by atoms with E-state index >= 15 is 0 Å². The zero-order chi connectivity index (χ0) is 21.8.